The zero-order chi connectivity index (χ0) is 8.55. The quantitative estimate of drug-likeness (QED) is 0.667. The molecule has 0 saturated heterocycles. The van der Waals surface area contributed by atoms with Gasteiger partial charge in [-0.2, -0.15) is 0 Å². The summed E-state index contributed by atoms with van der Waals surface area (Å²) in [5.41, 5.74) is 2.34. The molecule has 0 radical (unpaired) electrons. The Bertz CT molecular complexity index is 406. The van der Waals surface area contributed by atoms with E-state index in [0.29, 0.717) is 0 Å². The van der Waals surface area contributed by atoms with Gasteiger partial charge in [-0.05, 0) is 36.6 Å². The first-order valence-corrected chi connectivity index (χ1v) is 4.98. The van der Waals surface area contributed by atoms with Crippen LogP contribution < -0.4 is 0 Å². The molecule has 0 aromatic carbocycles. The van der Waals surface area contributed by atoms with Gasteiger partial charge in [0.25, 0.3) is 0 Å². The Morgan fingerprint density at radius 3 is 3.00 bits per heavy atom. The van der Waals surface area contributed by atoms with E-state index in [9.17, 15) is 0 Å². The predicted molar refractivity (Wildman–Crippen MR) is 53.4 cm³/mol. The average Bonchev–Trinajstić information content (AvgIpc) is 2.49. The van der Waals surface area contributed by atoms with Crippen LogP contribution in [0.2, 0.25) is 0 Å². The van der Waals surface area contributed by atoms with Crippen LogP contribution in [0.4, 0.5) is 0 Å². The van der Waals surface area contributed by atoms with Gasteiger partial charge in [0.15, 0.2) is 0 Å². The molecule has 62 valence electrons. The summed E-state index contributed by atoms with van der Waals surface area (Å²) in [5, 5.41) is 1.24. The molecule has 0 unspecified atom stereocenters. The number of fused-ring (bicyclic) bond motifs is 1. The highest BCUT2D eigenvalue weighted by molar-refractivity contribution is 7.97. The molecule has 0 atom stereocenters. The smallest absolute Gasteiger partial charge is 0.150 e. The summed E-state index contributed by atoms with van der Waals surface area (Å²) in [7, 11) is 0. The van der Waals surface area contributed by atoms with Crippen molar-refractivity contribution in [2.45, 2.75) is 6.92 Å². The Morgan fingerprint density at radius 2 is 2.25 bits per heavy atom. The van der Waals surface area contributed by atoms with Gasteiger partial charge < -0.3 is 0 Å². The van der Waals surface area contributed by atoms with Crippen molar-refractivity contribution in [2.24, 2.45) is 0 Å². The van der Waals surface area contributed by atoms with Crippen molar-refractivity contribution >= 4 is 23.0 Å². The fraction of sp³-hybridized carbons (Fsp3) is 0.222. The zero-order valence-corrected chi connectivity index (χ0v) is 7.93. The Balaban J connectivity index is 2.80. The van der Waals surface area contributed by atoms with E-state index in [1.807, 2.05) is 18.5 Å². The SMILES string of the molecule is CSn1ccc2c(C)ccnc21. The lowest BCUT2D eigenvalue weighted by molar-refractivity contribution is 1.25. The van der Waals surface area contributed by atoms with Crippen LogP contribution in [0.25, 0.3) is 11.0 Å². The molecule has 3 heteroatoms. The third kappa shape index (κ3) is 1.01. The number of pyridine rings is 1. The van der Waals surface area contributed by atoms with Gasteiger partial charge in [-0.1, -0.05) is 0 Å². The van der Waals surface area contributed by atoms with Crippen LogP contribution in [0.3, 0.4) is 0 Å². The maximum Gasteiger partial charge on any atom is 0.150 e. The molecule has 2 heterocycles. The molecule has 0 aliphatic rings. The van der Waals surface area contributed by atoms with Crippen LogP contribution in [-0.2, 0) is 0 Å². The standard InChI is InChI=1S/C9H10N2S/c1-7-3-5-10-9-8(7)4-6-11(9)12-2/h3-6H,1-2H3. The Hall–Kier alpha value is -0.960. The van der Waals surface area contributed by atoms with E-state index in [1.54, 1.807) is 11.9 Å². The molecule has 0 spiro atoms. The maximum atomic E-state index is 4.31. The first-order chi connectivity index (χ1) is 5.83. The molecular formula is C9H10N2S. The molecule has 2 aromatic rings. The first kappa shape index (κ1) is 7.68. The third-order valence-corrected chi connectivity index (χ3v) is 2.66. The summed E-state index contributed by atoms with van der Waals surface area (Å²) >= 11 is 1.67. The van der Waals surface area contributed by atoms with E-state index >= 15 is 0 Å². The van der Waals surface area contributed by atoms with E-state index < -0.39 is 0 Å². The lowest BCUT2D eigenvalue weighted by Crippen LogP contribution is -1.85. The van der Waals surface area contributed by atoms with Crippen LogP contribution in [0.5, 0.6) is 0 Å². The fourth-order valence-corrected chi connectivity index (χ4v) is 1.80. The largest absolute Gasteiger partial charge is 0.275 e. The minimum absolute atomic E-state index is 1.06. The Kier molecular flexibility index (Phi) is 1.81. The molecule has 12 heavy (non-hydrogen) atoms. The number of hydrogen-bond donors (Lipinski definition) is 0. The predicted octanol–water partition coefficient (Wildman–Crippen LogP) is 2.47. The molecule has 2 nitrogen and oxygen atoms in total. The van der Waals surface area contributed by atoms with Crippen LogP contribution in [-0.4, -0.2) is 15.2 Å². The van der Waals surface area contributed by atoms with Crippen LogP contribution in [0.15, 0.2) is 24.5 Å². The molecule has 0 fully saturated rings. The van der Waals surface area contributed by atoms with Crippen molar-refractivity contribution in [3.05, 3.63) is 30.1 Å². The topological polar surface area (TPSA) is 17.8 Å². The second-order valence-corrected chi connectivity index (χ2v) is 3.45. The van der Waals surface area contributed by atoms with Gasteiger partial charge in [0.2, 0.25) is 0 Å². The van der Waals surface area contributed by atoms with Crippen LogP contribution in [0.1, 0.15) is 5.56 Å². The van der Waals surface area contributed by atoms with Crippen molar-refractivity contribution in [2.75, 3.05) is 6.26 Å². The summed E-state index contributed by atoms with van der Waals surface area (Å²) in [6.45, 7) is 2.11. The van der Waals surface area contributed by atoms with E-state index in [-0.39, 0.29) is 0 Å². The highest BCUT2D eigenvalue weighted by Gasteiger charge is 2.01. The molecule has 0 aliphatic heterocycles. The summed E-state index contributed by atoms with van der Waals surface area (Å²) in [6.07, 6.45) is 5.95. The second kappa shape index (κ2) is 2.83. The van der Waals surface area contributed by atoms with Gasteiger partial charge in [-0.15, -0.1) is 0 Å². The Morgan fingerprint density at radius 1 is 1.42 bits per heavy atom. The first-order valence-electron chi connectivity index (χ1n) is 3.80. The lowest BCUT2D eigenvalue weighted by Gasteiger charge is -1.98. The molecule has 0 aliphatic carbocycles. The van der Waals surface area contributed by atoms with Crippen molar-refractivity contribution in [1.82, 2.24) is 8.96 Å². The maximum absolute atomic E-state index is 4.31. The molecule has 2 aromatic heterocycles. The van der Waals surface area contributed by atoms with E-state index in [2.05, 4.69) is 28.1 Å². The van der Waals surface area contributed by atoms with Gasteiger partial charge in [0.05, 0.1) is 0 Å². The summed E-state index contributed by atoms with van der Waals surface area (Å²) in [5.74, 6) is 0. The molecule has 0 saturated carbocycles. The van der Waals surface area contributed by atoms with Gasteiger partial charge in [-0.3, -0.25) is 3.97 Å². The zero-order valence-electron chi connectivity index (χ0n) is 7.11. The number of hydrogen-bond acceptors (Lipinski definition) is 2. The van der Waals surface area contributed by atoms with Crippen LogP contribution in [0, 0.1) is 6.92 Å². The van der Waals surface area contributed by atoms with Crippen LogP contribution >= 0.6 is 11.9 Å². The number of aromatic nitrogens is 2. The third-order valence-electron chi connectivity index (χ3n) is 1.97. The molecule has 0 bridgehead atoms. The molecule has 0 N–H and O–H groups in total. The molecule has 0 amide bonds. The summed E-state index contributed by atoms with van der Waals surface area (Å²) in [6, 6.07) is 4.14. The normalized spacial score (nSPS) is 10.8. The monoisotopic (exact) mass is 178 g/mol. The van der Waals surface area contributed by atoms with Gasteiger partial charge in [0.1, 0.15) is 5.65 Å². The summed E-state index contributed by atoms with van der Waals surface area (Å²) in [4.78, 5) is 4.31. The number of aryl methyl sites for hydroxylation is 1. The molecule has 2 rings (SSSR count). The number of rotatable bonds is 1. The van der Waals surface area contributed by atoms with Crippen molar-refractivity contribution in [1.29, 1.82) is 0 Å². The van der Waals surface area contributed by atoms with E-state index in [0.717, 1.165) is 5.65 Å². The van der Waals surface area contributed by atoms with Gasteiger partial charge in [0, 0.05) is 24.0 Å². The second-order valence-electron chi connectivity index (χ2n) is 2.69. The minimum atomic E-state index is 1.06. The highest BCUT2D eigenvalue weighted by atomic mass is 32.2. The van der Waals surface area contributed by atoms with Crippen molar-refractivity contribution in [3.63, 3.8) is 0 Å². The van der Waals surface area contributed by atoms with Crippen molar-refractivity contribution < 1.29 is 0 Å². The number of nitrogens with zero attached hydrogens (tertiary/aromatic N) is 2. The Labute approximate surface area is 75.7 Å². The highest BCUT2D eigenvalue weighted by Crippen LogP contribution is 2.19. The van der Waals surface area contributed by atoms with E-state index in [1.165, 1.54) is 10.9 Å². The van der Waals surface area contributed by atoms with Gasteiger partial charge >= 0.3 is 0 Å². The van der Waals surface area contributed by atoms with Gasteiger partial charge in [-0.25, -0.2) is 4.98 Å². The van der Waals surface area contributed by atoms with E-state index in [4.69, 9.17) is 0 Å². The minimum Gasteiger partial charge on any atom is -0.275 e. The lowest BCUT2D eigenvalue weighted by atomic mass is 10.2. The fourth-order valence-electron chi connectivity index (χ4n) is 1.30. The molecular weight excluding hydrogens is 168 g/mol. The van der Waals surface area contributed by atoms with Crippen molar-refractivity contribution in [3.8, 4) is 0 Å². The average molecular weight is 178 g/mol. The summed E-state index contributed by atoms with van der Waals surface area (Å²) < 4.78 is 2.07.